The summed E-state index contributed by atoms with van der Waals surface area (Å²) < 4.78 is 5.39. The minimum atomic E-state index is -0.878. The number of carboxylic acids is 1. The van der Waals surface area contributed by atoms with E-state index in [9.17, 15) is 9.59 Å². The van der Waals surface area contributed by atoms with Crippen molar-refractivity contribution < 1.29 is 19.4 Å². The number of benzene rings is 1. The van der Waals surface area contributed by atoms with Gasteiger partial charge in [0, 0.05) is 19.2 Å². The Morgan fingerprint density at radius 1 is 1.36 bits per heavy atom. The molecule has 2 unspecified atom stereocenters. The van der Waals surface area contributed by atoms with Gasteiger partial charge in [-0.2, -0.15) is 0 Å². The van der Waals surface area contributed by atoms with E-state index >= 15 is 0 Å². The van der Waals surface area contributed by atoms with Crippen LogP contribution in [0.5, 0.6) is 0 Å². The second kappa shape index (κ2) is 7.94. The van der Waals surface area contributed by atoms with Crippen molar-refractivity contribution in [2.75, 3.05) is 12.4 Å². The monoisotopic (exact) mass is 305 g/mol. The van der Waals surface area contributed by atoms with Crippen LogP contribution in [-0.2, 0) is 20.7 Å². The van der Waals surface area contributed by atoms with Crippen molar-refractivity contribution in [2.24, 2.45) is 5.92 Å². The Kier molecular flexibility index (Phi) is 5.95. The maximum atomic E-state index is 12.1. The van der Waals surface area contributed by atoms with Crippen LogP contribution in [0.15, 0.2) is 24.3 Å². The second-order valence-corrected chi connectivity index (χ2v) is 5.91. The van der Waals surface area contributed by atoms with Crippen LogP contribution in [0, 0.1) is 5.92 Å². The van der Waals surface area contributed by atoms with E-state index in [2.05, 4.69) is 5.32 Å². The molecule has 1 aliphatic carbocycles. The molecule has 2 N–H and O–H groups in total. The Labute approximate surface area is 130 Å². The van der Waals surface area contributed by atoms with Crippen LogP contribution in [0.25, 0.3) is 0 Å². The molecular weight excluding hydrogens is 282 g/mol. The number of hydrogen-bond acceptors (Lipinski definition) is 3. The molecule has 120 valence electrons. The molecule has 2 atom stereocenters. The quantitative estimate of drug-likeness (QED) is 0.847. The van der Waals surface area contributed by atoms with E-state index in [1.54, 1.807) is 31.4 Å². The van der Waals surface area contributed by atoms with Gasteiger partial charge in [-0.3, -0.25) is 9.59 Å². The Balaban J connectivity index is 1.87. The fourth-order valence-electron chi connectivity index (χ4n) is 3.05. The van der Waals surface area contributed by atoms with Gasteiger partial charge in [0.15, 0.2) is 0 Å². The molecule has 0 saturated heterocycles. The molecule has 1 fully saturated rings. The smallest absolute Gasteiger partial charge is 0.307 e. The van der Waals surface area contributed by atoms with Gasteiger partial charge in [-0.15, -0.1) is 0 Å². The van der Waals surface area contributed by atoms with Crippen LogP contribution in [0.4, 0.5) is 5.69 Å². The van der Waals surface area contributed by atoms with Crippen molar-refractivity contribution in [3.8, 4) is 0 Å². The van der Waals surface area contributed by atoms with Crippen LogP contribution in [0.1, 0.15) is 37.7 Å². The summed E-state index contributed by atoms with van der Waals surface area (Å²) in [6.07, 6.45) is 4.89. The molecule has 5 heteroatoms. The maximum absolute atomic E-state index is 12.1. The molecule has 22 heavy (non-hydrogen) atoms. The zero-order chi connectivity index (χ0) is 15.9. The molecular formula is C17H23NO4. The minimum absolute atomic E-state index is 0.0192. The average Bonchev–Trinajstić information content (AvgIpc) is 2.47. The van der Waals surface area contributed by atoms with Gasteiger partial charge in [-0.05, 0) is 42.9 Å². The fraction of sp³-hybridized carbons (Fsp3) is 0.529. The molecule has 1 aliphatic rings. The first-order valence-corrected chi connectivity index (χ1v) is 7.70. The lowest BCUT2D eigenvalue weighted by molar-refractivity contribution is -0.136. The summed E-state index contributed by atoms with van der Waals surface area (Å²) in [5.41, 5.74) is 1.34. The number of carbonyl (C=O) groups is 2. The third-order valence-electron chi connectivity index (χ3n) is 4.11. The van der Waals surface area contributed by atoms with Gasteiger partial charge >= 0.3 is 5.97 Å². The molecule has 0 radical (unpaired) electrons. The number of aliphatic carboxylic acids is 1. The van der Waals surface area contributed by atoms with Crippen LogP contribution in [0.3, 0.4) is 0 Å². The third kappa shape index (κ3) is 5.15. The van der Waals surface area contributed by atoms with Crippen molar-refractivity contribution >= 4 is 17.6 Å². The van der Waals surface area contributed by atoms with Gasteiger partial charge in [-0.25, -0.2) is 0 Å². The highest BCUT2D eigenvalue weighted by atomic mass is 16.5. The number of nitrogens with one attached hydrogen (secondary N) is 1. The first kappa shape index (κ1) is 16.5. The van der Waals surface area contributed by atoms with E-state index in [4.69, 9.17) is 9.84 Å². The SMILES string of the molecule is COC1CCCC(CC(=O)Nc2cccc(CC(=O)O)c2)C1. The average molecular weight is 305 g/mol. The van der Waals surface area contributed by atoms with Crippen LogP contribution in [0.2, 0.25) is 0 Å². The van der Waals surface area contributed by atoms with Gasteiger partial charge in [0.1, 0.15) is 0 Å². The number of carboxylic acid groups (broad SMARTS) is 1. The van der Waals surface area contributed by atoms with Crippen molar-refractivity contribution in [3.05, 3.63) is 29.8 Å². The van der Waals surface area contributed by atoms with Gasteiger partial charge < -0.3 is 15.2 Å². The molecule has 0 aliphatic heterocycles. The van der Waals surface area contributed by atoms with Crippen LogP contribution < -0.4 is 5.32 Å². The van der Waals surface area contributed by atoms with Gasteiger partial charge in [0.2, 0.25) is 5.91 Å². The van der Waals surface area contributed by atoms with Crippen molar-refractivity contribution in [1.29, 1.82) is 0 Å². The summed E-state index contributed by atoms with van der Waals surface area (Å²) >= 11 is 0. The maximum Gasteiger partial charge on any atom is 0.307 e. The Hall–Kier alpha value is -1.88. The van der Waals surface area contributed by atoms with Gasteiger partial charge in [0.25, 0.3) is 0 Å². The molecule has 0 aromatic heterocycles. The molecule has 5 nitrogen and oxygen atoms in total. The molecule has 0 bridgehead atoms. The summed E-state index contributed by atoms with van der Waals surface area (Å²) in [4.78, 5) is 22.9. The Morgan fingerprint density at radius 2 is 2.18 bits per heavy atom. The number of amides is 1. The molecule has 0 heterocycles. The molecule has 1 amide bonds. The van der Waals surface area contributed by atoms with Gasteiger partial charge in [0.05, 0.1) is 12.5 Å². The predicted octanol–water partition coefficient (Wildman–Crippen LogP) is 2.85. The second-order valence-electron chi connectivity index (χ2n) is 5.91. The van der Waals surface area contributed by atoms with E-state index in [0.29, 0.717) is 23.6 Å². The van der Waals surface area contributed by atoms with Crippen molar-refractivity contribution in [2.45, 2.75) is 44.6 Å². The highest BCUT2D eigenvalue weighted by Gasteiger charge is 2.23. The normalized spacial score (nSPS) is 21.3. The lowest BCUT2D eigenvalue weighted by Crippen LogP contribution is -2.25. The fourth-order valence-corrected chi connectivity index (χ4v) is 3.05. The number of carbonyl (C=O) groups excluding carboxylic acids is 1. The van der Waals surface area contributed by atoms with Crippen LogP contribution >= 0.6 is 0 Å². The lowest BCUT2D eigenvalue weighted by atomic mass is 9.85. The summed E-state index contributed by atoms with van der Waals surface area (Å²) in [6, 6.07) is 7.00. The summed E-state index contributed by atoms with van der Waals surface area (Å²) in [7, 11) is 1.72. The minimum Gasteiger partial charge on any atom is -0.481 e. The summed E-state index contributed by atoms with van der Waals surface area (Å²) in [5.74, 6) is -0.536. The molecule has 1 aromatic carbocycles. The largest absolute Gasteiger partial charge is 0.481 e. The lowest BCUT2D eigenvalue weighted by Gasteiger charge is -2.27. The Morgan fingerprint density at radius 3 is 2.91 bits per heavy atom. The number of rotatable bonds is 6. The number of ether oxygens (including phenoxy) is 1. The van der Waals surface area contributed by atoms with E-state index in [1.165, 1.54) is 0 Å². The molecule has 2 rings (SSSR count). The molecule has 1 aromatic rings. The number of anilines is 1. The highest BCUT2D eigenvalue weighted by molar-refractivity contribution is 5.91. The van der Waals surface area contributed by atoms with Gasteiger partial charge in [-0.1, -0.05) is 18.6 Å². The predicted molar refractivity (Wildman–Crippen MR) is 83.8 cm³/mol. The summed E-state index contributed by atoms with van der Waals surface area (Å²) in [5, 5.41) is 11.7. The van der Waals surface area contributed by atoms with Crippen molar-refractivity contribution in [1.82, 2.24) is 0 Å². The van der Waals surface area contributed by atoms with E-state index in [-0.39, 0.29) is 18.4 Å². The standard InChI is InChI=1S/C17H23NO4/c1-22-15-7-3-5-13(9-15)10-16(19)18-14-6-2-4-12(8-14)11-17(20)21/h2,4,6,8,13,15H,3,5,7,9-11H2,1H3,(H,18,19)(H,20,21). The molecule has 1 saturated carbocycles. The zero-order valence-corrected chi connectivity index (χ0v) is 12.9. The topological polar surface area (TPSA) is 75.6 Å². The number of methoxy groups -OCH3 is 1. The Bertz CT molecular complexity index is 529. The van der Waals surface area contributed by atoms with Crippen LogP contribution in [-0.4, -0.2) is 30.2 Å². The van der Waals surface area contributed by atoms with E-state index < -0.39 is 5.97 Å². The zero-order valence-electron chi connectivity index (χ0n) is 12.9. The van der Waals surface area contributed by atoms with E-state index in [0.717, 1.165) is 25.7 Å². The van der Waals surface area contributed by atoms with Crippen molar-refractivity contribution in [3.63, 3.8) is 0 Å². The summed E-state index contributed by atoms with van der Waals surface area (Å²) in [6.45, 7) is 0. The highest BCUT2D eigenvalue weighted by Crippen LogP contribution is 2.28. The number of hydrogen-bond donors (Lipinski definition) is 2. The van der Waals surface area contributed by atoms with E-state index in [1.807, 2.05) is 0 Å². The first-order chi connectivity index (χ1) is 10.6. The third-order valence-corrected chi connectivity index (χ3v) is 4.11. The molecule has 0 spiro atoms. The first-order valence-electron chi connectivity index (χ1n) is 7.70.